The van der Waals surface area contributed by atoms with Gasteiger partial charge in [0.15, 0.2) is 5.69 Å². The molecule has 1 aliphatic rings. The summed E-state index contributed by atoms with van der Waals surface area (Å²) in [5.74, 6) is -1.40. The third-order valence-corrected chi connectivity index (χ3v) is 3.94. The summed E-state index contributed by atoms with van der Waals surface area (Å²) in [5, 5.41) is 16.8. The lowest BCUT2D eigenvalue weighted by Gasteiger charge is -2.37. The highest BCUT2D eigenvalue weighted by atomic mass is 16.4. The van der Waals surface area contributed by atoms with E-state index in [1.165, 1.54) is 0 Å². The molecule has 1 aromatic carbocycles. The fourth-order valence-corrected chi connectivity index (χ4v) is 2.58. The van der Waals surface area contributed by atoms with Crippen molar-refractivity contribution in [2.75, 3.05) is 0 Å². The minimum atomic E-state index is -1.12. The van der Waals surface area contributed by atoms with Gasteiger partial charge in [0, 0.05) is 12.4 Å². The predicted molar refractivity (Wildman–Crippen MR) is 72.4 cm³/mol. The van der Waals surface area contributed by atoms with Crippen molar-refractivity contribution in [2.45, 2.75) is 24.8 Å². The fourth-order valence-electron chi connectivity index (χ4n) is 2.58. The maximum Gasteiger partial charge on any atom is 0.329 e. The van der Waals surface area contributed by atoms with E-state index in [9.17, 15) is 14.7 Å². The third-order valence-electron chi connectivity index (χ3n) is 3.94. The number of aliphatic carboxylic acids is 1. The van der Waals surface area contributed by atoms with E-state index in [4.69, 9.17) is 0 Å². The number of aromatic nitrogens is 2. The van der Waals surface area contributed by atoms with Gasteiger partial charge in [-0.15, -0.1) is 0 Å². The number of carbonyl (C=O) groups excluding carboxylic acids is 1. The van der Waals surface area contributed by atoms with Crippen LogP contribution in [-0.2, 0) is 11.8 Å². The second-order valence-corrected chi connectivity index (χ2v) is 5.18. The molecule has 0 aliphatic heterocycles. The summed E-state index contributed by atoms with van der Waals surface area (Å²) in [7, 11) is 1.76. The summed E-state index contributed by atoms with van der Waals surface area (Å²) in [5.41, 5.74) is 0.00154. The normalized spacial score (nSPS) is 16.6. The van der Waals surface area contributed by atoms with Gasteiger partial charge in [-0.25, -0.2) is 4.79 Å². The van der Waals surface area contributed by atoms with Crippen LogP contribution >= 0.6 is 0 Å². The highest BCUT2D eigenvalue weighted by Gasteiger charge is 2.46. The Morgan fingerprint density at radius 1 is 1.35 bits per heavy atom. The zero-order valence-corrected chi connectivity index (χ0v) is 11.1. The van der Waals surface area contributed by atoms with Crippen LogP contribution in [0.3, 0.4) is 0 Å². The van der Waals surface area contributed by atoms with Crippen molar-refractivity contribution >= 4 is 22.8 Å². The molecule has 1 saturated carbocycles. The van der Waals surface area contributed by atoms with Crippen LogP contribution < -0.4 is 5.32 Å². The van der Waals surface area contributed by atoms with Crippen molar-refractivity contribution in [3.63, 3.8) is 0 Å². The lowest BCUT2D eigenvalue weighted by Crippen LogP contribution is -2.59. The van der Waals surface area contributed by atoms with Crippen LogP contribution in [0, 0.1) is 0 Å². The maximum atomic E-state index is 12.3. The average molecular weight is 273 g/mol. The Morgan fingerprint density at radius 2 is 2.05 bits per heavy atom. The Balaban J connectivity index is 1.95. The van der Waals surface area contributed by atoms with Gasteiger partial charge in [-0.2, -0.15) is 5.10 Å². The lowest BCUT2D eigenvalue weighted by atomic mass is 9.76. The van der Waals surface area contributed by atoms with E-state index in [0.717, 1.165) is 17.3 Å². The van der Waals surface area contributed by atoms with Gasteiger partial charge >= 0.3 is 5.97 Å². The molecule has 1 heterocycles. The highest BCUT2D eigenvalue weighted by molar-refractivity contribution is 6.06. The highest BCUT2D eigenvalue weighted by Crippen LogP contribution is 2.32. The molecule has 0 spiro atoms. The van der Waals surface area contributed by atoms with E-state index in [1.54, 1.807) is 11.7 Å². The van der Waals surface area contributed by atoms with Gasteiger partial charge in [0.2, 0.25) is 0 Å². The number of para-hydroxylation sites is 1. The first-order valence-corrected chi connectivity index (χ1v) is 6.51. The van der Waals surface area contributed by atoms with E-state index in [2.05, 4.69) is 10.4 Å². The number of carbonyl (C=O) groups is 2. The van der Waals surface area contributed by atoms with Gasteiger partial charge in [-0.1, -0.05) is 18.2 Å². The monoisotopic (exact) mass is 273 g/mol. The number of nitrogens with zero attached hydrogens (tertiary/aromatic N) is 2. The summed E-state index contributed by atoms with van der Waals surface area (Å²) >= 11 is 0. The number of nitrogens with one attached hydrogen (secondary N) is 1. The smallest absolute Gasteiger partial charge is 0.329 e. The van der Waals surface area contributed by atoms with Crippen molar-refractivity contribution in [3.8, 4) is 0 Å². The Hall–Kier alpha value is -2.37. The number of hydrogen-bond donors (Lipinski definition) is 2. The summed E-state index contributed by atoms with van der Waals surface area (Å²) in [6, 6.07) is 7.38. The lowest BCUT2D eigenvalue weighted by molar-refractivity contribution is -0.148. The first-order valence-electron chi connectivity index (χ1n) is 6.51. The molecule has 1 aliphatic carbocycles. The second kappa shape index (κ2) is 4.33. The number of carboxylic acids is 1. The van der Waals surface area contributed by atoms with Gasteiger partial charge in [0.25, 0.3) is 5.91 Å². The van der Waals surface area contributed by atoms with Crippen LogP contribution in [0.1, 0.15) is 29.8 Å². The van der Waals surface area contributed by atoms with Crippen molar-refractivity contribution in [2.24, 2.45) is 7.05 Å². The van der Waals surface area contributed by atoms with Gasteiger partial charge < -0.3 is 10.4 Å². The molecule has 0 radical (unpaired) electrons. The molecular formula is C14H15N3O3. The summed E-state index contributed by atoms with van der Waals surface area (Å²) < 4.78 is 1.62. The van der Waals surface area contributed by atoms with Gasteiger partial charge in [0.05, 0.1) is 5.52 Å². The van der Waals surface area contributed by atoms with Gasteiger partial charge in [-0.3, -0.25) is 9.48 Å². The van der Waals surface area contributed by atoms with Crippen LogP contribution in [0.4, 0.5) is 0 Å². The molecule has 20 heavy (non-hydrogen) atoms. The zero-order chi connectivity index (χ0) is 14.3. The predicted octanol–water partition coefficient (Wildman–Crippen LogP) is 1.31. The van der Waals surface area contributed by atoms with Gasteiger partial charge in [0.1, 0.15) is 5.54 Å². The van der Waals surface area contributed by atoms with E-state index in [-0.39, 0.29) is 5.69 Å². The van der Waals surface area contributed by atoms with E-state index in [1.807, 2.05) is 24.3 Å². The molecule has 6 heteroatoms. The van der Waals surface area contributed by atoms with Crippen molar-refractivity contribution in [1.29, 1.82) is 0 Å². The van der Waals surface area contributed by atoms with Gasteiger partial charge in [-0.05, 0) is 25.3 Å². The fraction of sp³-hybridized carbons (Fsp3) is 0.357. The van der Waals surface area contributed by atoms with Crippen molar-refractivity contribution < 1.29 is 14.7 Å². The molecule has 0 saturated heterocycles. The van der Waals surface area contributed by atoms with E-state index >= 15 is 0 Å². The second-order valence-electron chi connectivity index (χ2n) is 5.18. The SMILES string of the molecule is Cn1nc(C(=O)NC2(C(=O)O)CCC2)c2ccccc21. The van der Waals surface area contributed by atoms with Crippen LogP contribution in [-0.4, -0.2) is 32.3 Å². The molecule has 1 fully saturated rings. The quantitative estimate of drug-likeness (QED) is 0.883. The zero-order valence-electron chi connectivity index (χ0n) is 11.1. The van der Waals surface area contributed by atoms with E-state index in [0.29, 0.717) is 12.8 Å². The van der Waals surface area contributed by atoms with E-state index < -0.39 is 17.4 Å². The average Bonchev–Trinajstić information content (AvgIpc) is 2.71. The molecule has 3 rings (SSSR count). The Bertz CT molecular complexity index is 701. The minimum absolute atomic E-state index is 0.274. The maximum absolute atomic E-state index is 12.3. The van der Waals surface area contributed by atoms with Crippen LogP contribution in [0.5, 0.6) is 0 Å². The third kappa shape index (κ3) is 1.76. The Morgan fingerprint density at radius 3 is 2.65 bits per heavy atom. The Labute approximate surface area is 115 Å². The molecule has 1 amide bonds. The molecule has 2 N–H and O–H groups in total. The standard InChI is InChI=1S/C14H15N3O3/c1-17-10-6-3-2-5-9(10)11(16-17)12(18)15-14(13(19)20)7-4-8-14/h2-3,5-6H,4,7-8H2,1H3,(H,15,18)(H,19,20). The number of aryl methyl sites for hydroxylation is 1. The molecule has 0 bridgehead atoms. The number of benzene rings is 1. The summed E-state index contributed by atoms with van der Waals surface area (Å²) in [6.45, 7) is 0. The molecule has 2 aromatic rings. The number of fused-ring (bicyclic) bond motifs is 1. The van der Waals surface area contributed by atoms with Crippen LogP contribution in [0.2, 0.25) is 0 Å². The summed E-state index contributed by atoms with van der Waals surface area (Å²) in [6.07, 6.45) is 1.76. The molecule has 6 nitrogen and oxygen atoms in total. The topological polar surface area (TPSA) is 84.2 Å². The summed E-state index contributed by atoms with van der Waals surface area (Å²) in [4.78, 5) is 23.6. The minimum Gasteiger partial charge on any atom is -0.480 e. The number of amides is 1. The number of carboxylic acid groups (broad SMARTS) is 1. The number of rotatable bonds is 3. The molecule has 104 valence electrons. The van der Waals surface area contributed by atoms with Crippen molar-refractivity contribution in [3.05, 3.63) is 30.0 Å². The molecule has 0 atom stereocenters. The molecule has 1 aromatic heterocycles. The largest absolute Gasteiger partial charge is 0.480 e. The first kappa shape index (κ1) is 12.7. The number of hydrogen-bond acceptors (Lipinski definition) is 3. The molecule has 0 unspecified atom stereocenters. The van der Waals surface area contributed by atoms with Crippen molar-refractivity contribution in [1.82, 2.24) is 15.1 Å². The van der Waals surface area contributed by atoms with Crippen LogP contribution in [0.15, 0.2) is 24.3 Å². The molecular weight excluding hydrogens is 258 g/mol. The Kier molecular flexibility index (Phi) is 2.74. The van der Waals surface area contributed by atoms with Crippen LogP contribution in [0.25, 0.3) is 10.9 Å². The first-order chi connectivity index (χ1) is 9.53.